The van der Waals surface area contributed by atoms with Crippen molar-refractivity contribution in [2.45, 2.75) is 45.8 Å². The smallest absolute Gasteiger partial charge is 0.213 e. The number of likely N-dealkylation sites (tertiary alicyclic amines) is 1. The number of hydrogen-bond donors (Lipinski definition) is 0. The second-order valence-electron chi connectivity index (χ2n) is 4.90. The van der Waals surface area contributed by atoms with E-state index in [9.17, 15) is 0 Å². The maximum Gasteiger partial charge on any atom is 0.213 e. The lowest BCUT2D eigenvalue weighted by molar-refractivity contribution is 0.175. The van der Waals surface area contributed by atoms with Crippen LogP contribution in [0.4, 0.5) is 0 Å². The molecule has 2 unspecified atom stereocenters. The van der Waals surface area contributed by atoms with Crippen molar-refractivity contribution >= 4 is 0 Å². The molecule has 0 N–H and O–H groups in total. The zero-order valence-corrected chi connectivity index (χ0v) is 11.0. The van der Waals surface area contributed by atoms with Gasteiger partial charge in [0.15, 0.2) is 0 Å². The molecule has 1 saturated heterocycles. The van der Waals surface area contributed by atoms with Crippen molar-refractivity contribution < 1.29 is 4.74 Å². The Balaban J connectivity index is 1.89. The van der Waals surface area contributed by atoms with E-state index in [0.29, 0.717) is 12.1 Å². The SMILES string of the molecule is CCC(C)N1CCC(Oc2cccc(C)n2)C1. The fourth-order valence-corrected chi connectivity index (χ4v) is 2.26. The number of aromatic nitrogens is 1. The first-order valence-corrected chi connectivity index (χ1v) is 6.53. The summed E-state index contributed by atoms with van der Waals surface area (Å²) in [5.41, 5.74) is 1.01. The minimum Gasteiger partial charge on any atom is -0.473 e. The van der Waals surface area contributed by atoms with Gasteiger partial charge in [0, 0.05) is 30.9 Å². The van der Waals surface area contributed by atoms with Crippen molar-refractivity contribution in [1.29, 1.82) is 0 Å². The lowest BCUT2D eigenvalue weighted by Gasteiger charge is -2.22. The number of nitrogens with zero attached hydrogens (tertiary/aromatic N) is 2. The summed E-state index contributed by atoms with van der Waals surface area (Å²) in [5.74, 6) is 0.765. The average Bonchev–Trinajstić information content (AvgIpc) is 2.76. The molecule has 2 rings (SSSR count). The van der Waals surface area contributed by atoms with Crippen LogP contribution in [-0.4, -0.2) is 35.1 Å². The second-order valence-corrected chi connectivity index (χ2v) is 4.90. The van der Waals surface area contributed by atoms with Gasteiger partial charge in [-0.25, -0.2) is 4.98 Å². The molecule has 1 fully saturated rings. The van der Waals surface area contributed by atoms with Crippen LogP contribution < -0.4 is 4.74 Å². The Labute approximate surface area is 104 Å². The molecule has 1 aromatic heterocycles. The summed E-state index contributed by atoms with van der Waals surface area (Å²) in [5, 5.41) is 0. The van der Waals surface area contributed by atoms with Crippen molar-refractivity contribution in [3.8, 4) is 5.88 Å². The first-order chi connectivity index (χ1) is 8.19. The van der Waals surface area contributed by atoms with E-state index in [1.165, 1.54) is 6.42 Å². The van der Waals surface area contributed by atoms with Crippen LogP contribution in [0.25, 0.3) is 0 Å². The number of hydrogen-bond acceptors (Lipinski definition) is 3. The van der Waals surface area contributed by atoms with E-state index in [-0.39, 0.29) is 0 Å². The molecule has 3 nitrogen and oxygen atoms in total. The monoisotopic (exact) mass is 234 g/mol. The van der Waals surface area contributed by atoms with Crippen LogP contribution >= 0.6 is 0 Å². The average molecular weight is 234 g/mol. The van der Waals surface area contributed by atoms with Crippen molar-refractivity contribution in [3.63, 3.8) is 0 Å². The maximum atomic E-state index is 5.93. The number of pyridine rings is 1. The minimum atomic E-state index is 0.304. The molecule has 2 atom stereocenters. The zero-order chi connectivity index (χ0) is 12.3. The molecule has 1 aliphatic rings. The van der Waals surface area contributed by atoms with Gasteiger partial charge in [0.2, 0.25) is 5.88 Å². The van der Waals surface area contributed by atoms with Crippen molar-refractivity contribution in [2.75, 3.05) is 13.1 Å². The molecule has 0 saturated carbocycles. The van der Waals surface area contributed by atoms with E-state index in [4.69, 9.17) is 4.74 Å². The topological polar surface area (TPSA) is 25.4 Å². The van der Waals surface area contributed by atoms with Crippen molar-refractivity contribution in [3.05, 3.63) is 23.9 Å². The highest BCUT2D eigenvalue weighted by Gasteiger charge is 2.26. The van der Waals surface area contributed by atoms with Gasteiger partial charge in [0.1, 0.15) is 6.10 Å². The van der Waals surface area contributed by atoms with Gasteiger partial charge in [-0.2, -0.15) is 0 Å². The van der Waals surface area contributed by atoms with E-state index >= 15 is 0 Å². The minimum absolute atomic E-state index is 0.304. The van der Waals surface area contributed by atoms with Crippen LogP contribution in [0.5, 0.6) is 5.88 Å². The third-order valence-corrected chi connectivity index (χ3v) is 3.54. The van der Waals surface area contributed by atoms with Gasteiger partial charge in [-0.1, -0.05) is 13.0 Å². The van der Waals surface area contributed by atoms with Crippen LogP contribution in [0, 0.1) is 6.92 Å². The lowest BCUT2D eigenvalue weighted by Crippen LogP contribution is -2.32. The molecule has 1 aromatic rings. The van der Waals surface area contributed by atoms with Crippen molar-refractivity contribution in [1.82, 2.24) is 9.88 Å². The lowest BCUT2D eigenvalue weighted by atomic mass is 10.2. The molecule has 94 valence electrons. The van der Waals surface area contributed by atoms with E-state index in [1.807, 2.05) is 25.1 Å². The predicted molar refractivity (Wildman–Crippen MR) is 69.3 cm³/mol. The Kier molecular flexibility index (Phi) is 4.00. The molecule has 2 heterocycles. The second kappa shape index (κ2) is 5.50. The molecule has 0 radical (unpaired) electrons. The molecule has 0 bridgehead atoms. The van der Waals surface area contributed by atoms with Gasteiger partial charge in [0.05, 0.1) is 0 Å². The highest BCUT2D eigenvalue weighted by Crippen LogP contribution is 2.19. The standard InChI is InChI=1S/C14H22N2O/c1-4-12(3)16-9-8-13(10-16)17-14-7-5-6-11(2)15-14/h5-7,12-13H,4,8-10H2,1-3H3. The number of aryl methyl sites for hydroxylation is 1. The molecule has 3 heteroatoms. The van der Waals surface area contributed by atoms with Crippen LogP contribution in [0.2, 0.25) is 0 Å². The van der Waals surface area contributed by atoms with Gasteiger partial charge in [-0.3, -0.25) is 4.90 Å². The number of rotatable bonds is 4. The fourth-order valence-electron chi connectivity index (χ4n) is 2.26. The molecule has 0 aliphatic carbocycles. The third kappa shape index (κ3) is 3.19. The predicted octanol–water partition coefficient (Wildman–Crippen LogP) is 2.64. The quantitative estimate of drug-likeness (QED) is 0.801. The van der Waals surface area contributed by atoms with Gasteiger partial charge in [-0.15, -0.1) is 0 Å². The van der Waals surface area contributed by atoms with E-state index in [2.05, 4.69) is 23.7 Å². The first kappa shape index (κ1) is 12.4. The summed E-state index contributed by atoms with van der Waals surface area (Å²) < 4.78 is 5.93. The summed E-state index contributed by atoms with van der Waals surface area (Å²) in [6.07, 6.45) is 2.62. The van der Waals surface area contributed by atoms with E-state index in [1.54, 1.807) is 0 Å². The normalized spacial score (nSPS) is 22.6. The van der Waals surface area contributed by atoms with Crippen LogP contribution in [-0.2, 0) is 0 Å². The fraction of sp³-hybridized carbons (Fsp3) is 0.643. The van der Waals surface area contributed by atoms with Crippen molar-refractivity contribution in [2.24, 2.45) is 0 Å². The summed E-state index contributed by atoms with van der Waals surface area (Å²) >= 11 is 0. The summed E-state index contributed by atoms with van der Waals surface area (Å²) in [7, 11) is 0. The Bertz CT molecular complexity index is 367. The molecule has 0 spiro atoms. The molecule has 1 aliphatic heterocycles. The van der Waals surface area contributed by atoms with Crippen LogP contribution in [0.15, 0.2) is 18.2 Å². The van der Waals surface area contributed by atoms with Gasteiger partial charge in [-0.05, 0) is 32.8 Å². The Morgan fingerprint density at radius 2 is 2.35 bits per heavy atom. The highest BCUT2D eigenvalue weighted by atomic mass is 16.5. The summed E-state index contributed by atoms with van der Waals surface area (Å²) in [6, 6.07) is 6.60. The Morgan fingerprint density at radius 1 is 1.53 bits per heavy atom. The van der Waals surface area contributed by atoms with Gasteiger partial charge >= 0.3 is 0 Å². The molecular weight excluding hydrogens is 212 g/mol. The van der Waals surface area contributed by atoms with Crippen LogP contribution in [0.1, 0.15) is 32.4 Å². The third-order valence-electron chi connectivity index (χ3n) is 3.54. The largest absolute Gasteiger partial charge is 0.473 e. The van der Waals surface area contributed by atoms with E-state index < -0.39 is 0 Å². The Hall–Kier alpha value is -1.09. The zero-order valence-electron chi connectivity index (χ0n) is 11.0. The molecule has 0 amide bonds. The van der Waals surface area contributed by atoms with Crippen LogP contribution in [0.3, 0.4) is 0 Å². The molecule has 0 aromatic carbocycles. The first-order valence-electron chi connectivity index (χ1n) is 6.53. The molecule has 17 heavy (non-hydrogen) atoms. The van der Waals surface area contributed by atoms with Gasteiger partial charge < -0.3 is 4.74 Å². The highest BCUT2D eigenvalue weighted by molar-refractivity contribution is 5.15. The summed E-state index contributed by atoms with van der Waals surface area (Å²) in [4.78, 5) is 6.89. The molecular formula is C14H22N2O. The number of ether oxygens (including phenoxy) is 1. The summed E-state index contributed by atoms with van der Waals surface area (Å²) in [6.45, 7) is 8.69. The van der Waals surface area contributed by atoms with E-state index in [0.717, 1.165) is 31.1 Å². The Morgan fingerprint density at radius 3 is 3.06 bits per heavy atom. The van der Waals surface area contributed by atoms with Gasteiger partial charge in [0.25, 0.3) is 0 Å². The maximum absolute atomic E-state index is 5.93.